The Bertz CT molecular complexity index is 571. The number of carbonyl (C=O) groups excluding carboxylic acids is 1. The van der Waals surface area contributed by atoms with Crippen LogP contribution in [0.3, 0.4) is 0 Å². The molecule has 0 spiro atoms. The molecule has 1 amide bonds. The maximum absolute atomic E-state index is 12.1. The van der Waals surface area contributed by atoms with Gasteiger partial charge in [0.2, 0.25) is 0 Å². The number of nitrogens with one attached hydrogen (secondary N) is 2. The fraction of sp³-hybridized carbons (Fsp3) is 0.333. The summed E-state index contributed by atoms with van der Waals surface area (Å²) in [5.41, 5.74) is 2.08. The maximum Gasteiger partial charge on any atom is 0.269 e. The summed E-state index contributed by atoms with van der Waals surface area (Å²) < 4.78 is 0. The predicted molar refractivity (Wildman–Crippen MR) is 85.4 cm³/mol. The van der Waals surface area contributed by atoms with Crippen molar-refractivity contribution in [3.63, 3.8) is 0 Å². The minimum absolute atomic E-state index is 0.0635. The molecule has 6 heteroatoms. The number of aliphatic hydroxyl groups excluding tert-OH is 1. The molecule has 0 bridgehead atoms. The lowest BCUT2D eigenvalue weighted by molar-refractivity contribution is 0.0910. The fourth-order valence-corrected chi connectivity index (χ4v) is 2.45. The Balaban J connectivity index is 2.02. The van der Waals surface area contributed by atoms with Crippen molar-refractivity contribution in [1.29, 1.82) is 0 Å². The van der Waals surface area contributed by atoms with E-state index in [4.69, 9.17) is 0 Å². The van der Waals surface area contributed by atoms with Crippen molar-refractivity contribution in [3.05, 3.63) is 42.1 Å². The SMILES string of the molecule is CSCCC(CO)NC(=O)c1cc(-c2ccccc2)n[nH]1. The smallest absolute Gasteiger partial charge is 0.269 e. The van der Waals surface area contributed by atoms with E-state index in [1.165, 1.54) is 0 Å². The van der Waals surface area contributed by atoms with E-state index in [-0.39, 0.29) is 18.6 Å². The lowest BCUT2D eigenvalue weighted by Crippen LogP contribution is -2.38. The van der Waals surface area contributed by atoms with Gasteiger partial charge in [-0.3, -0.25) is 9.89 Å². The number of H-pyrrole nitrogens is 1. The van der Waals surface area contributed by atoms with E-state index >= 15 is 0 Å². The Hall–Kier alpha value is -1.79. The van der Waals surface area contributed by atoms with Gasteiger partial charge in [0.05, 0.1) is 18.3 Å². The number of rotatable bonds is 7. The van der Waals surface area contributed by atoms with Gasteiger partial charge in [0.25, 0.3) is 5.91 Å². The number of hydrogen-bond donors (Lipinski definition) is 3. The Kier molecular flexibility index (Phi) is 5.83. The van der Waals surface area contributed by atoms with Crippen molar-refractivity contribution in [3.8, 4) is 11.3 Å². The van der Waals surface area contributed by atoms with Gasteiger partial charge < -0.3 is 10.4 Å². The summed E-state index contributed by atoms with van der Waals surface area (Å²) in [4.78, 5) is 12.1. The second-order valence-electron chi connectivity index (χ2n) is 4.67. The summed E-state index contributed by atoms with van der Waals surface area (Å²) in [6, 6.07) is 11.1. The predicted octanol–water partition coefficient (Wildman–Crippen LogP) is 1.92. The molecule has 0 fully saturated rings. The molecule has 0 saturated heterocycles. The number of hydrogen-bond acceptors (Lipinski definition) is 4. The van der Waals surface area contributed by atoms with Crippen molar-refractivity contribution in [2.45, 2.75) is 12.5 Å². The highest BCUT2D eigenvalue weighted by molar-refractivity contribution is 7.98. The molecule has 1 aromatic heterocycles. The highest BCUT2D eigenvalue weighted by atomic mass is 32.2. The summed E-state index contributed by atoms with van der Waals surface area (Å²) in [5, 5.41) is 19.0. The van der Waals surface area contributed by atoms with Crippen LogP contribution in [-0.4, -0.2) is 45.9 Å². The van der Waals surface area contributed by atoms with Crippen LogP contribution in [0.2, 0.25) is 0 Å². The van der Waals surface area contributed by atoms with Crippen LogP contribution in [0.5, 0.6) is 0 Å². The number of thioether (sulfide) groups is 1. The molecule has 0 saturated carbocycles. The lowest BCUT2D eigenvalue weighted by Gasteiger charge is -2.14. The van der Waals surface area contributed by atoms with Crippen LogP contribution in [0.4, 0.5) is 0 Å². The van der Waals surface area contributed by atoms with Gasteiger partial charge in [-0.05, 0) is 24.5 Å². The number of nitrogens with zero attached hydrogens (tertiary/aromatic N) is 1. The van der Waals surface area contributed by atoms with E-state index in [1.807, 2.05) is 36.6 Å². The lowest BCUT2D eigenvalue weighted by atomic mass is 10.1. The van der Waals surface area contributed by atoms with Gasteiger partial charge >= 0.3 is 0 Å². The second-order valence-corrected chi connectivity index (χ2v) is 5.65. The van der Waals surface area contributed by atoms with Crippen molar-refractivity contribution in [2.75, 3.05) is 18.6 Å². The van der Waals surface area contributed by atoms with Crippen molar-refractivity contribution in [2.24, 2.45) is 0 Å². The third-order valence-electron chi connectivity index (χ3n) is 3.12. The molecule has 1 heterocycles. The fourth-order valence-electron chi connectivity index (χ4n) is 1.93. The molecule has 0 radical (unpaired) electrons. The van der Waals surface area contributed by atoms with Crippen LogP contribution in [0.25, 0.3) is 11.3 Å². The average Bonchev–Trinajstić information content (AvgIpc) is 3.02. The summed E-state index contributed by atoms with van der Waals surface area (Å²) in [6.45, 7) is -0.0635. The molecule has 0 aliphatic carbocycles. The molecule has 1 aromatic carbocycles. The van der Waals surface area contributed by atoms with Crippen LogP contribution in [0, 0.1) is 0 Å². The van der Waals surface area contributed by atoms with Crippen molar-refractivity contribution in [1.82, 2.24) is 15.5 Å². The third kappa shape index (κ3) is 4.34. The molecular weight excluding hydrogens is 286 g/mol. The van der Waals surface area contributed by atoms with E-state index in [0.717, 1.165) is 23.4 Å². The molecule has 21 heavy (non-hydrogen) atoms. The highest BCUT2D eigenvalue weighted by Crippen LogP contribution is 2.16. The molecule has 1 atom stereocenters. The van der Waals surface area contributed by atoms with Gasteiger partial charge in [0, 0.05) is 5.56 Å². The van der Waals surface area contributed by atoms with E-state index in [0.29, 0.717) is 5.69 Å². The number of aromatic nitrogens is 2. The molecule has 1 unspecified atom stereocenters. The van der Waals surface area contributed by atoms with Gasteiger partial charge in [-0.2, -0.15) is 16.9 Å². The third-order valence-corrected chi connectivity index (χ3v) is 3.76. The molecular formula is C15H19N3O2S. The highest BCUT2D eigenvalue weighted by Gasteiger charge is 2.15. The summed E-state index contributed by atoms with van der Waals surface area (Å²) in [5.74, 6) is 0.647. The zero-order valence-electron chi connectivity index (χ0n) is 11.9. The Morgan fingerprint density at radius 3 is 2.86 bits per heavy atom. The minimum atomic E-state index is -0.246. The number of carbonyl (C=O) groups is 1. The Morgan fingerprint density at radius 2 is 2.19 bits per heavy atom. The Morgan fingerprint density at radius 1 is 1.43 bits per heavy atom. The second kappa shape index (κ2) is 7.85. The maximum atomic E-state index is 12.1. The van der Waals surface area contributed by atoms with Gasteiger partial charge in [0.15, 0.2) is 0 Å². The first-order valence-electron chi connectivity index (χ1n) is 6.76. The van der Waals surface area contributed by atoms with Gasteiger partial charge in [0.1, 0.15) is 5.69 Å². The number of aliphatic hydroxyl groups is 1. The average molecular weight is 305 g/mol. The number of amides is 1. The largest absolute Gasteiger partial charge is 0.394 e. The van der Waals surface area contributed by atoms with E-state index in [2.05, 4.69) is 15.5 Å². The summed E-state index contributed by atoms with van der Waals surface area (Å²) in [6.07, 6.45) is 2.74. The molecule has 0 aliphatic rings. The standard InChI is InChI=1S/C15H19N3O2S/c1-21-8-7-12(10-19)16-15(20)14-9-13(17-18-14)11-5-3-2-4-6-11/h2-6,9,12,19H,7-8,10H2,1H3,(H,16,20)(H,17,18). The van der Waals surface area contributed by atoms with Crippen molar-refractivity contribution >= 4 is 17.7 Å². The molecule has 0 aliphatic heterocycles. The monoisotopic (exact) mass is 305 g/mol. The van der Waals surface area contributed by atoms with E-state index < -0.39 is 0 Å². The first-order chi connectivity index (χ1) is 10.2. The van der Waals surface area contributed by atoms with Crippen LogP contribution in [0.15, 0.2) is 36.4 Å². The topological polar surface area (TPSA) is 78.0 Å². The van der Waals surface area contributed by atoms with Crippen molar-refractivity contribution < 1.29 is 9.90 Å². The number of aromatic amines is 1. The van der Waals surface area contributed by atoms with E-state index in [1.54, 1.807) is 17.8 Å². The van der Waals surface area contributed by atoms with Crippen LogP contribution >= 0.6 is 11.8 Å². The molecule has 5 nitrogen and oxygen atoms in total. The molecule has 3 N–H and O–H groups in total. The molecule has 2 rings (SSSR count). The van der Waals surface area contributed by atoms with Gasteiger partial charge in [-0.25, -0.2) is 0 Å². The first-order valence-corrected chi connectivity index (χ1v) is 8.15. The normalized spacial score (nSPS) is 12.1. The first kappa shape index (κ1) is 15.6. The molecule has 2 aromatic rings. The minimum Gasteiger partial charge on any atom is -0.394 e. The number of benzene rings is 1. The van der Waals surface area contributed by atoms with Gasteiger partial charge in [-0.15, -0.1) is 0 Å². The van der Waals surface area contributed by atoms with Gasteiger partial charge in [-0.1, -0.05) is 30.3 Å². The van der Waals surface area contributed by atoms with Crippen LogP contribution in [0.1, 0.15) is 16.9 Å². The molecule has 112 valence electrons. The van der Waals surface area contributed by atoms with Crippen LogP contribution in [-0.2, 0) is 0 Å². The Labute approximate surface area is 128 Å². The zero-order valence-corrected chi connectivity index (χ0v) is 12.7. The van der Waals surface area contributed by atoms with Crippen LogP contribution < -0.4 is 5.32 Å². The summed E-state index contributed by atoms with van der Waals surface area (Å²) in [7, 11) is 0. The zero-order chi connectivity index (χ0) is 15.1. The van der Waals surface area contributed by atoms with E-state index in [9.17, 15) is 9.90 Å². The quantitative estimate of drug-likeness (QED) is 0.730. The summed E-state index contributed by atoms with van der Waals surface area (Å²) >= 11 is 1.69.